The van der Waals surface area contributed by atoms with Crippen LogP contribution in [0.1, 0.15) is 97.3 Å². The van der Waals surface area contributed by atoms with E-state index in [2.05, 4.69) is 24.5 Å². The zero-order valence-corrected chi connectivity index (χ0v) is 25.3. The average molecular weight is 575 g/mol. The number of Topliss-reactive ketones (excluding diaryl/α,β-unsaturated/α-hetero) is 1. The molecule has 0 radical (unpaired) electrons. The van der Waals surface area contributed by atoms with Crippen LogP contribution in [0.5, 0.6) is 5.75 Å². The Balaban J connectivity index is 2.36. The lowest BCUT2D eigenvalue weighted by Crippen LogP contribution is -2.50. The van der Waals surface area contributed by atoms with Crippen LogP contribution in [-0.4, -0.2) is 52.9 Å². The molecule has 3 N–H and O–H groups in total. The van der Waals surface area contributed by atoms with Gasteiger partial charge < -0.3 is 25.2 Å². The molecule has 1 heterocycles. The minimum Gasteiger partial charge on any atom is -0.505 e. The highest BCUT2D eigenvalue weighted by Gasteiger charge is 2.43. The Bertz CT molecular complexity index is 1100. The van der Waals surface area contributed by atoms with Gasteiger partial charge in [0.1, 0.15) is 18.0 Å². The third kappa shape index (κ3) is 9.30. The number of nitrogens with one attached hydrogen (secondary N) is 2. The van der Waals surface area contributed by atoms with E-state index in [1.807, 2.05) is 13.8 Å². The number of rotatable bonds is 12. The Morgan fingerprint density at radius 1 is 1.00 bits per heavy atom. The summed E-state index contributed by atoms with van der Waals surface area (Å²) in [6.07, 6.45) is 2.01. The third-order valence-electron chi connectivity index (χ3n) is 8.14. The Kier molecular flexibility index (Phi) is 12.8. The van der Waals surface area contributed by atoms with Crippen LogP contribution in [0.4, 0.5) is 5.69 Å². The van der Waals surface area contributed by atoms with E-state index in [0.717, 1.165) is 19.3 Å². The molecule has 0 bridgehead atoms. The van der Waals surface area contributed by atoms with E-state index in [-0.39, 0.29) is 29.4 Å². The molecule has 1 aliphatic rings. The first-order valence-electron chi connectivity index (χ1n) is 14.6. The molecular formula is C31H46N2O8. The van der Waals surface area contributed by atoms with Gasteiger partial charge in [0.25, 0.3) is 5.91 Å². The van der Waals surface area contributed by atoms with Crippen LogP contribution >= 0.6 is 0 Å². The van der Waals surface area contributed by atoms with Crippen molar-refractivity contribution in [1.29, 1.82) is 0 Å². The zero-order valence-electron chi connectivity index (χ0n) is 25.3. The van der Waals surface area contributed by atoms with Crippen molar-refractivity contribution in [2.75, 3.05) is 5.32 Å². The summed E-state index contributed by atoms with van der Waals surface area (Å²) in [6.45, 7) is 12.4. The van der Waals surface area contributed by atoms with Gasteiger partial charge in [-0.25, -0.2) is 4.79 Å². The first kappa shape index (κ1) is 33.8. The van der Waals surface area contributed by atoms with E-state index >= 15 is 0 Å². The van der Waals surface area contributed by atoms with Gasteiger partial charge in [-0.15, -0.1) is 0 Å². The first-order chi connectivity index (χ1) is 19.3. The number of anilines is 1. The third-order valence-corrected chi connectivity index (χ3v) is 8.14. The van der Waals surface area contributed by atoms with Crippen molar-refractivity contribution < 1.29 is 38.6 Å². The maximum Gasteiger partial charge on any atom is 0.332 e. The number of carbonyl (C=O) groups excluding carboxylic acids is 5. The minimum atomic E-state index is -1.37. The topological polar surface area (TPSA) is 148 Å². The van der Waals surface area contributed by atoms with Gasteiger partial charge in [0, 0.05) is 25.2 Å². The number of carbonyl (C=O) groups is 5. The molecule has 1 saturated heterocycles. The largest absolute Gasteiger partial charge is 0.505 e. The molecule has 1 fully saturated rings. The summed E-state index contributed by atoms with van der Waals surface area (Å²) in [5.74, 6) is -4.05. The number of ether oxygens (including phenoxy) is 2. The minimum absolute atomic E-state index is 0.00759. The number of benzene rings is 1. The summed E-state index contributed by atoms with van der Waals surface area (Å²) in [5, 5.41) is 15.5. The lowest BCUT2D eigenvalue weighted by atomic mass is 9.79. The second-order valence-electron chi connectivity index (χ2n) is 11.3. The number of para-hydroxylation sites is 1. The molecule has 2 rings (SSSR count). The SMILES string of the molecule is CCC(C)CCC[C@H]1C(=O)O[C@H](C)[C@H](NC(=O)c2cccc(NC(C)=O)c2O)C(=O)O[C@@H](C)[C@@H]1CC(=O)C(C)CC. The maximum atomic E-state index is 13.6. The van der Waals surface area contributed by atoms with Gasteiger partial charge in [0.15, 0.2) is 11.8 Å². The first-order valence-corrected chi connectivity index (χ1v) is 14.6. The van der Waals surface area contributed by atoms with E-state index in [1.54, 1.807) is 6.92 Å². The van der Waals surface area contributed by atoms with Gasteiger partial charge >= 0.3 is 11.9 Å². The molecule has 1 aromatic carbocycles. The highest BCUT2D eigenvalue weighted by atomic mass is 16.6. The fourth-order valence-electron chi connectivity index (χ4n) is 4.98. The van der Waals surface area contributed by atoms with Crippen molar-refractivity contribution in [3.63, 3.8) is 0 Å². The molecule has 228 valence electrons. The van der Waals surface area contributed by atoms with Gasteiger partial charge in [-0.05, 0) is 44.7 Å². The number of hydrogen-bond acceptors (Lipinski definition) is 8. The van der Waals surface area contributed by atoms with Crippen molar-refractivity contribution in [2.24, 2.45) is 23.7 Å². The Hall–Kier alpha value is -3.43. The molecule has 41 heavy (non-hydrogen) atoms. The molecule has 0 spiro atoms. The number of hydrogen-bond donors (Lipinski definition) is 3. The number of phenolic OH excluding ortho intramolecular Hbond substituents is 1. The number of cyclic esters (lactones) is 2. The summed E-state index contributed by atoms with van der Waals surface area (Å²) < 4.78 is 11.5. The molecule has 10 heteroatoms. The highest BCUT2D eigenvalue weighted by molar-refractivity contribution is 6.02. The van der Waals surface area contributed by atoms with Gasteiger partial charge in [-0.3, -0.25) is 19.2 Å². The molecule has 10 nitrogen and oxygen atoms in total. The normalized spacial score (nSPS) is 24.5. The quantitative estimate of drug-likeness (QED) is 0.239. The number of ketones is 1. The van der Waals surface area contributed by atoms with Gasteiger partial charge in [0.05, 0.1) is 17.2 Å². The molecule has 1 aliphatic heterocycles. The monoisotopic (exact) mass is 574 g/mol. The highest BCUT2D eigenvalue weighted by Crippen LogP contribution is 2.33. The number of esters is 2. The van der Waals surface area contributed by atoms with E-state index in [9.17, 15) is 29.1 Å². The molecule has 7 atom stereocenters. The van der Waals surface area contributed by atoms with Crippen LogP contribution in [0, 0.1) is 23.7 Å². The molecule has 0 aliphatic carbocycles. The Morgan fingerprint density at radius 2 is 1.66 bits per heavy atom. The van der Waals surface area contributed by atoms with Crippen LogP contribution in [0.15, 0.2) is 18.2 Å². The summed E-state index contributed by atoms with van der Waals surface area (Å²) in [7, 11) is 0. The molecule has 1 aromatic rings. The zero-order chi connectivity index (χ0) is 30.9. The smallest absolute Gasteiger partial charge is 0.332 e. The fraction of sp³-hybridized carbons (Fsp3) is 0.645. The summed E-state index contributed by atoms with van der Waals surface area (Å²) in [5.41, 5.74) is -0.153. The molecular weight excluding hydrogens is 528 g/mol. The fourth-order valence-corrected chi connectivity index (χ4v) is 4.98. The van der Waals surface area contributed by atoms with Gasteiger partial charge in [-0.2, -0.15) is 0 Å². The van der Waals surface area contributed by atoms with Crippen molar-refractivity contribution in [2.45, 2.75) is 105 Å². The van der Waals surface area contributed by atoms with Crippen molar-refractivity contribution in [3.8, 4) is 5.75 Å². The Labute approximate surface area is 242 Å². The molecule has 0 aromatic heterocycles. The number of aromatic hydroxyl groups is 1. The van der Waals surface area contributed by atoms with E-state index in [0.29, 0.717) is 18.8 Å². The van der Waals surface area contributed by atoms with Crippen LogP contribution < -0.4 is 10.6 Å². The maximum absolute atomic E-state index is 13.6. The predicted octanol–water partition coefficient (Wildman–Crippen LogP) is 4.78. The van der Waals surface area contributed by atoms with Crippen LogP contribution in [-0.2, 0) is 28.7 Å². The van der Waals surface area contributed by atoms with Crippen LogP contribution in [0.2, 0.25) is 0 Å². The number of phenols is 1. The van der Waals surface area contributed by atoms with Crippen molar-refractivity contribution in [1.82, 2.24) is 5.32 Å². The molecule has 2 unspecified atom stereocenters. The lowest BCUT2D eigenvalue weighted by molar-refractivity contribution is -0.157. The van der Waals surface area contributed by atoms with Gasteiger partial charge in [0.2, 0.25) is 5.91 Å². The van der Waals surface area contributed by atoms with Crippen molar-refractivity contribution in [3.05, 3.63) is 23.8 Å². The lowest BCUT2D eigenvalue weighted by Gasteiger charge is -2.30. The van der Waals surface area contributed by atoms with E-state index in [4.69, 9.17) is 9.47 Å². The average Bonchev–Trinajstić information content (AvgIpc) is 2.94. The second kappa shape index (κ2) is 15.5. The van der Waals surface area contributed by atoms with Crippen LogP contribution in [0.3, 0.4) is 0 Å². The summed E-state index contributed by atoms with van der Waals surface area (Å²) in [6, 6.07) is 2.86. The summed E-state index contributed by atoms with van der Waals surface area (Å²) in [4.78, 5) is 64.5. The van der Waals surface area contributed by atoms with E-state index < -0.39 is 59.6 Å². The summed E-state index contributed by atoms with van der Waals surface area (Å²) >= 11 is 0. The molecule has 0 saturated carbocycles. The predicted molar refractivity (Wildman–Crippen MR) is 154 cm³/mol. The van der Waals surface area contributed by atoms with Crippen LogP contribution in [0.25, 0.3) is 0 Å². The van der Waals surface area contributed by atoms with Crippen molar-refractivity contribution >= 4 is 35.2 Å². The van der Waals surface area contributed by atoms with E-state index in [1.165, 1.54) is 32.0 Å². The number of amides is 2. The second-order valence-corrected chi connectivity index (χ2v) is 11.3. The Morgan fingerprint density at radius 3 is 2.27 bits per heavy atom. The standard InChI is InChI=1S/C31H46N2O8/c1-8-17(3)12-10-13-22-24(16-26(35)18(4)9-2)19(5)40-31(39)27(20(6)41-30(22)38)33-29(37)23-14-11-15-25(28(23)36)32-21(7)34/h11,14-15,17-20,22,24,27,36H,8-10,12-13,16H2,1-7H3,(H,32,34)(H,33,37)/t17?,18?,19-,20+,22+,24-,27-/m0/s1. The van der Waals surface area contributed by atoms with Gasteiger partial charge in [-0.1, -0.05) is 53.0 Å². The molecule has 2 amide bonds.